The second kappa shape index (κ2) is 4.72. The van der Waals surface area contributed by atoms with Gasteiger partial charge in [0.05, 0.1) is 12.0 Å². The third-order valence-corrected chi connectivity index (χ3v) is 4.76. The summed E-state index contributed by atoms with van der Waals surface area (Å²) in [6.07, 6.45) is 0.833. The van der Waals surface area contributed by atoms with Crippen LogP contribution in [0.25, 0.3) is 0 Å². The van der Waals surface area contributed by atoms with Crippen molar-refractivity contribution in [2.45, 2.75) is 6.92 Å². The minimum atomic E-state index is -3.83. The summed E-state index contributed by atoms with van der Waals surface area (Å²) < 4.78 is 45.5. The van der Waals surface area contributed by atoms with Gasteiger partial charge in [0.2, 0.25) is 10.0 Å². The van der Waals surface area contributed by atoms with Gasteiger partial charge in [0.1, 0.15) is 0 Å². The highest BCUT2D eigenvalue weighted by atomic mass is 32.3. The topological polar surface area (TPSA) is 104 Å². The van der Waals surface area contributed by atoms with Crippen molar-refractivity contribution in [3.8, 4) is 6.07 Å². The standard InChI is InChI=1S/C6H12N2O4S2/c1-6(3-7)4-8-14(11,12)5-13(2,9)10/h6,8H,4-5H2,1-2H3. The van der Waals surface area contributed by atoms with E-state index in [1.54, 1.807) is 0 Å². The van der Waals surface area contributed by atoms with Crippen molar-refractivity contribution in [3.63, 3.8) is 0 Å². The highest BCUT2D eigenvalue weighted by Gasteiger charge is 2.18. The molecule has 0 saturated heterocycles. The van der Waals surface area contributed by atoms with Gasteiger partial charge in [0, 0.05) is 12.8 Å². The molecule has 0 rings (SSSR count). The lowest BCUT2D eigenvalue weighted by Gasteiger charge is -2.05. The average Bonchev–Trinajstić information content (AvgIpc) is 1.96. The summed E-state index contributed by atoms with van der Waals surface area (Å²) in [4.78, 5) is 0. The predicted molar refractivity (Wildman–Crippen MR) is 51.4 cm³/mol. The molecule has 0 amide bonds. The van der Waals surface area contributed by atoms with E-state index in [1.165, 1.54) is 6.92 Å². The van der Waals surface area contributed by atoms with Crippen molar-refractivity contribution in [2.24, 2.45) is 5.92 Å². The van der Waals surface area contributed by atoms with Crippen molar-refractivity contribution in [1.29, 1.82) is 5.26 Å². The summed E-state index contributed by atoms with van der Waals surface area (Å²) in [5.41, 5.74) is 0. The second-order valence-electron chi connectivity index (χ2n) is 3.04. The number of sulfone groups is 1. The molecule has 0 aromatic carbocycles. The lowest BCUT2D eigenvalue weighted by atomic mass is 10.2. The largest absolute Gasteiger partial charge is 0.228 e. The number of nitriles is 1. The number of hydrogen-bond acceptors (Lipinski definition) is 5. The molecule has 0 bridgehead atoms. The Labute approximate surface area is 83.9 Å². The van der Waals surface area contributed by atoms with E-state index in [1.807, 2.05) is 10.8 Å². The Hall–Kier alpha value is -0.650. The third kappa shape index (κ3) is 6.82. The summed E-state index contributed by atoms with van der Waals surface area (Å²) in [6, 6.07) is 1.82. The molecule has 0 spiro atoms. The molecular formula is C6H12N2O4S2. The summed E-state index contributed by atoms with van der Waals surface area (Å²) in [5, 5.41) is 7.41. The maximum absolute atomic E-state index is 11.1. The van der Waals surface area contributed by atoms with Gasteiger partial charge in [-0.05, 0) is 6.92 Å². The van der Waals surface area contributed by atoms with Gasteiger partial charge in [-0.25, -0.2) is 21.6 Å². The smallest absolute Gasteiger partial charge is 0.226 e. The molecule has 6 nitrogen and oxygen atoms in total. The van der Waals surface area contributed by atoms with Gasteiger partial charge >= 0.3 is 0 Å². The van der Waals surface area contributed by atoms with E-state index < -0.39 is 30.9 Å². The molecule has 82 valence electrons. The van der Waals surface area contributed by atoms with Crippen LogP contribution in [0.1, 0.15) is 6.92 Å². The van der Waals surface area contributed by atoms with Gasteiger partial charge in [-0.3, -0.25) is 0 Å². The zero-order valence-electron chi connectivity index (χ0n) is 7.89. The Balaban J connectivity index is 4.33. The molecule has 0 aromatic rings. The quantitative estimate of drug-likeness (QED) is 0.668. The van der Waals surface area contributed by atoms with Gasteiger partial charge in [-0.2, -0.15) is 5.26 Å². The van der Waals surface area contributed by atoms with Crippen LogP contribution in [-0.4, -0.2) is 34.7 Å². The van der Waals surface area contributed by atoms with E-state index in [-0.39, 0.29) is 6.54 Å². The number of nitrogens with one attached hydrogen (secondary N) is 1. The first-order valence-corrected chi connectivity index (χ1v) is 7.42. The number of hydrogen-bond donors (Lipinski definition) is 1. The lowest BCUT2D eigenvalue weighted by molar-refractivity contribution is 0.573. The van der Waals surface area contributed by atoms with E-state index in [0.29, 0.717) is 0 Å². The Bertz CT molecular complexity index is 417. The summed E-state index contributed by atoms with van der Waals surface area (Å²) in [7, 11) is -7.40. The zero-order valence-corrected chi connectivity index (χ0v) is 9.52. The van der Waals surface area contributed by atoms with Crippen LogP contribution in [0.4, 0.5) is 0 Å². The van der Waals surface area contributed by atoms with Crippen LogP contribution in [0, 0.1) is 17.2 Å². The van der Waals surface area contributed by atoms with Crippen LogP contribution in [0.5, 0.6) is 0 Å². The predicted octanol–water partition coefficient (Wildman–Crippen LogP) is -0.932. The number of nitrogens with zero attached hydrogens (tertiary/aromatic N) is 1. The Morgan fingerprint density at radius 3 is 2.21 bits per heavy atom. The Morgan fingerprint density at radius 1 is 1.36 bits per heavy atom. The molecule has 8 heteroatoms. The second-order valence-corrected chi connectivity index (χ2v) is 7.35. The normalized spacial score (nSPS) is 14.6. The van der Waals surface area contributed by atoms with Crippen molar-refractivity contribution in [3.05, 3.63) is 0 Å². The molecule has 0 heterocycles. The van der Waals surface area contributed by atoms with E-state index in [9.17, 15) is 16.8 Å². The molecule has 0 saturated carbocycles. The molecule has 14 heavy (non-hydrogen) atoms. The van der Waals surface area contributed by atoms with Gasteiger partial charge < -0.3 is 0 Å². The molecule has 1 atom stereocenters. The monoisotopic (exact) mass is 240 g/mol. The fourth-order valence-corrected chi connectivity index (χ4v) is 3.71. The van der Waals surface area contributed by atoms with E-state index in [4.69, 9.17) is 5.26 Å². The van der Waals surface area contributed by atoms with Crippen molar-refractivity contribution < 1.29 is 16.8 Å². The molecule has 0 aliphatic heterocycles. The molecule has 0 radical (unpaired) electrons. The fraction of sp³-hybridized carbons (Fsp3) is 0.833. The van der Waals surface area contributed by atoms with Gasteiger partial charge in [-0.15, -0.1) is 0 Å². The first kappa shape index (κ1) is 13.4. The van der Waals surface area contributed by atoms with E-state index >= 15 is 0 Å². The maximum atomic E-state index is 11.1. The summed E-state index contributed by atoms with van der Waals surface area (Å²) in [5.74, 6) is -0.482. The SMILES string of the molecule is CC(C#N)CNS(=O)(=O)CS(C)(=O)=O. The van der Waals surface area contributed by atoms with Crippen LogP contribution in [0.3, 0.4) is 0 Å². The zero-order chi connectivity index (χ0) is 11.4. The molecule has 1 N–H and O–H groups in total. The Morgan fingerprint density at radius 2 is 1.86 bits per heavy atom. The molecular weight excluding hydrogens is 228 g/mol. The first-order chi connectivity index (χ1) is 6.16. The van der Waals surface area contributed by atoms with Crippen molar-refractivity contribution in [1.82, 2.24) is 4.72 Å². The minimum Gasteiger partial charge on any atom is -0.228 e. The highest BCUT2D eigenvalue weighted by Crippen LogP contribution is 1.95. The number of rotatable bonds is 5. The van der Waals surface area contributed by atoms with Crippen molar-refractivity contribution in [2.75, 3.05) is 17.9 Å². The van der Waals surface area contributed by atoms with Crippen molar-refractivity contribution >= 4 is 19.9 Å². The first-order valence-electron chi connectivity index (χ1n) is 3.71. The maximum Gasteiger partial charge on any atom is 0.226 e. The number of sulfonamides is 1. The minimum absolute atomic E-state index is 0.0750. The van der Waals surface area contributed by atoms with E-state index in [2.05, 4.69) is 0 Å². The van der Waals surface area contributed by atoms with Gasteiger partial charge in [0.15, 0.2) is 14.9 Å². The summed E-state index contributed by atoms with van der Waals surface area (Å²) >= 11 is 0. The molecule has 0 aromatic heterocycles. The van der Waals surface area contributed by atoms with Gasteiger partial charge in [-0.1, -0.05) is 0 Å². The van der Waals surface area contributed by atoms with Crippen LogP contribution >= 0.6 is 0 Å². The van der Waals surface area contributed by atoms with Crippen LogP contribution in [0.2, 0.25) is 0 Å². The molecule has 0 fully saturated rings. The average molecular weight is 240 g/mol. The highest BCUT2D eigenvalue weighted by molar-refractivity contribution is 8.06. The lowest BCUT2D eigenvalue weighted by Crippen LogP contribution is -2.32. The van der Waals surface area contributed by atoms with Gasteiger partial charge in [0.25, 0.3) is 0 Å². The van der Waals surface area contributed by atoms with E-state index in [0.717, 1.165) is 6.26 Å². The molecule has 1 unspecified atom stereocenters. The fourth-order valence-electron chi connectivity index (χ4n) is 0.621. The molecule has 0 aliphatic rings. The molecule has 0 aliphatic carbocycles. The van der Waals surface area contributed by atoms with Crippen LogP contribution < -0.4 is 4.72 Å². The Kier molecular flexibility index (Phi) is 4.51. The van der Waals surface area contributed by atoms with Crippen LogP contribution in [-0.2, 0) is 19.9 Å². The third-order valence-electron chi connectivity index (χ3n) is 1.20. The van der Waals surface area contributed by atoms with Crippen LogP contribution in [0.15, 0.2) is 0 Å². The summed E-state index contributed by atoms with van der Waals surface area (Å²) in [6.45, 7) is 1.46.